The minimum absolute atomic E-state index is 0.0644. The Morgan fingerprint density at radius 3 is 2.55 bits per heavy atom. The number of aryl methyl sites for hydroxylation is 1. The van der Waals surface area contributed by atoms with Crippen molar-refractivity contribution in [2.45, 2.75) is 64.3 Å². The van der Waals surface area contributed by atoms with Gasteiger partial charge in [-0.3, -0.25) is 9.59 Å². The topological polar surface area (TPSA) is 72.6 Å². The van der Waals surface area contributed by atoms with Gasteiger partial charge in [0.2, 0.25) is 5.91 Å². The summed E-state index contributed by atoms with van der Waals surface area (Å²) < 4.78 is 10.5. The molecule has 3 aliphatic rings. The van der Waals surface area contributed by atoms with Crippen LogP contribution in [0.4, 0.5) is 0 Å². The fourth-order valence-corrected chi connectivity index (χ4v) is 7.64. The first-order valence-electron chi connectivity index (χ1n) is 16.4. The summed E-state index contributed by atoms with van der Waals surface area (Å²) in [6.45, 7) is 4.79. The first kappa shape index (κ1) is 28.9. The van der Waals surface area contributed by atoms with Gasteiger partial charge in [-0.2, -0.15) is 0 Å². The summed E-state index contributed by atoms with van der Waals surface area (Å²) in [7, 11) is 7.43. The monoisotopic (exact) mass is 595 g/mol. The summed E-state index contributed by atoms with van der Waals surface area (Å²) in [6, 6.07) is 12.7. The molecular formula is C36H45N5O3. The number of carbonyl (C=O) groups is 2. The van der Waals surface area contributed by atoms with Crippen molar-refractivity contribution < 1.29 is 14.3 Å². The number of ether oxygens (including phenoxy) is 1. The van der Waals surface area contributed by atoms with E-state index in [1.807, 2.05) is 31.1 Å². The average molecular weight is 596 g/mol. The van der Waals surface area contributed by atoms with Crippen LogP contribution in [0.2, 0.25) is 0 Å². The number of likely N-dealkylation sites (tertiary alicyclic amines) is 1. The molecule has 232 valence electrons. The Labute approximate surface area is 260 Å². The molecule has 0 N–H and O–H groups in total. The largest absolute Gasteiger partial charge is 0.494 e. The number of hydrogen-bond donors (Lipinski definition) is 0. The maximum atomic E-state index is 13.7. The molecule has 2 aromatic heterocycles. The number of benzene rings is 2. The van der Waals surface area contributed by atoms with Crippen LogP contribution in [-0.2, 0) is 18.4 Å². The van der Waals surface area contributed by atoms with Gasteiger partial charge in [-0.1, -0.05) is 31.5 Å². The first-order chi connectivity index (χ1) is 21.3. The third-order valence-corrected chi connectivity index (χ3v) is 10.5. The highest BCUT2D eigenvalue weighted by Crippen LogP contribution is 2.46. The fourth-order valence-electron chi connectivity index (χ4n) is 7.64. The van der Waals surface area contributed by atoms with Gasteiger partial charge in [0, 0.05) is 57.6 Å². The lowest BCUT2D eigenvalue weighted by atomic mass is 9.70. The Morgan fingerprint density at radius 1 is 1.05 bits per heavy atom. The summed E-state index contributed by atoms with van der Waals surface area (Å²) >= 11 is 0. The SMILES string of the molecule is CC[C@@H]1CCCN(C(=O)c2cc(OC)c3c(c2)nc(-c2cc4cccc(C5CC(C(=O)N(C)C)C5)c4n2CC2CC2)n3C)C1. The molecule has 8 heteroatoms. The molecule has 0 radical (unpaired) electrons. The van der Waals surface area contributed by atoms with Gasteiger partial charge in [0.05, 0.1) is 23.8 Å². The zero-order valence-electron chi connectivity index (χ0n) is 26.8. The number of piperidine rings is 1. The third kappa shape index (κ3) is 4.96. The van der Waals surface area contributed by atoms with Gasteiger partial charge in [-0.15, -0.1) is 0 Å². The summed E-state index contributed by atoms with van der Waals surface area (Å²) in [6.07, 6.45) is 7.65. The van der Waals surface area contributed by atoms with Crippen LogP contribution in [0.5, 0.6) is 5.75 Å². The molecule has 3 fully saturated rings. The molecule has 1 aliphatic heterocycles. The third-order valence-electron chi connectivity index (χ3n) is 10.5. The second kappa shape index (κ2) is 11.3. The smallest absolute Gasteiger partial charge is 0.254 e. The van der Waals surface area contributed by atoms with E-state index < -0.39 is 0 Å². The minimum atomic E-state index is 0.0644. The number of aromatic nitrogens is 3. The van der Waals surface area contributed by atoms with Crippen molar-refractivity contribution in [3.63, 3.8) is 0 Å². The van der Waals surface area contributed by atoms with Gasteiger partial charge < -0.3 is 23.7 Å². The maximum absolute atomic E-state index is 13.7. The van der Waals surface area contributed by atoms with Gasteiger partial charge in [-0.25, -0.2) is 4.98 Å². The van der Waals surface area contributed by atoms with Crippen molar-refractivity contribution in [1.82, 2.24) is 23.9 Å². The lowest BCUT2D eigenvalue weighted by molar-refractivity contribution is -0.136. The van der Waals surface area contributed by atoms with Crippen LogP contribution in [0.3, 0.4) is 0 Å². The second-order valence-corrected chi connectivity index (χ2v) is 13.7. The van der Waals surface area contributed by atoms with Crippen LogP contribution >= 0.6 is 0 Å². The molecule has 44 heavy (non-hydrogen) atoms. The summed E-state index contributed by atoms with van der Waals surface area (Å²) in [5.41, 5.74) is 6.03. The zero-order valence-corrected chi connectivity index (χ0v) is 26.8. The fraction of sp³-hybridized carbons (Fsp3) is 0.528. The van der Waals surface area contributed by atoms with Crippen LogP contribution < -0.4 is 4.74 Å². The van der Waals surface area contributed by atoms with Crippen molar-refractivity contribution in [2.75, 3.05) is 34.3 Å². The van der Waals surface area contributed by atoms with E-state index >= 15 is 0 Å². The van der Waals surface area contributed by atoms with E-state index in [0.29, 0.717) is 29.1 Å². The van der Waals surface area contributed by atoms with Gasteiger partial charge >= 0.3 is 0 Å². The molecule has 1 atom stereocenters. The van der Waals surface area contributed by atoms with Crippen molar-refractivity contribution in [1.29, 1.82) is 0 Å². The van der Waals surface area contributed by atoms with E-state index in [1.54, 1.807) is 12.0 Å². The van der Waals surface area contributed by atoms with Crippen molar-refractivity contribution in [3.05, 3.63) is 47.5 Å². The molecule has 2 saturated carbocycles. The zero-order chi connectivity index (χ0) is 30.7. The van der Waals surface area contributed by atoms with Crippen LogP contribution in [0.15, 0.2) is 36.4 Å². The second-order valence-electron chi connectivity index (χ2n) is 13.7. The van der Waals surface area contributed by atoms with E-state index in [1.165, 1.54) is 35.7 Å². The number of nitrogens with zero attached hydrogens (tertiary/aromatic N) is 5. The van der Waals surface area contributed by atoms with Crippen LogP contribution in [0, 0.1) is 17.8 Å². The normalized spacial score (nSPS) is 21.9. The van der Waals surface area contributed by atoms with Crippen molar-refractivity contribution >= 4 is 33.8 Å². The highest BCUT2D eigenvalue weighted by atomic mass is 16.5. The van der Waals surface area contributed by atoms with E-state index in [-0.39, 0.29) is 17.7 Å². The molecule has 0 unspecified atom stereocenters. The summed E-state index contributed by atoms with van der Waals surface area (Å²) in [5, 5.41) is 1.21. The number of methoxy groups -OCH3 is 1. The Balaban J connectivity index is 1.30. The number of carbonyl (C=O) groups excluding carboxylic acids is 2. The summed E-state index contributed by atoms with van der Waals surface area (Å²) in [5.74, 6) is 3.58. The standard InChI is InChI=1S/C36H45N5O3/c1-6-22-9-8-14-40(20-22)36(43)27-17-29-33(31(19-27)44-5)39(4)34(37-29)30-18-24-10-7-11-28(32(24)41(30)21-23-12-13-23)25-15-26(16-25)35(42)38(2)3/h7,10-11,17-19,22-23,25-26H,6,8-9,12-16,20-21H2,1-5H3/t22-,25?,26?/m1/s1. The number of fused-ring (bicyclic) bond motifs is 2. The summed E-state index contributed by atoms with van der Waals surface area (Å²) in [4.78, 5) is 35.2. The molecule has 4 aromatic rings. The molecule has 3 heterocycles. The van der Waals surface area contributed by atoms with Gasteiger partial charge in [0.1, 0.15) is 11.3 Å². The number of amides is 2. The van der Waals surface area contributed by atoms with Gasteiger partial charge in [-0.05, 0) is 80.0 Å². The number of imidazole rings is 1. The lowest BCUT2D eigenvalue weighted by Gasteiger charge is -2.36. The molecule has 0 bridgehead atoms. The van der Waals surface area contributed by atoms with Crippen LogP contribution in [-0.4, -0.2) is 70.0 Å². The highest BCUT2D eigenvalue weighted by Gasteiger charge is 2.38. The lowest BCUT2D eigenvalue weighted by Crippen LogP contribution is -2.39. The molecule has 2 aromatic carbocycles. The van der Waals surface area contributed by atoms with Gasteiger partial charge in [0.25, 0.3) is 5.91 Å². The van der Waals surface area contributed by atoms with Crippen molar-refractivity contribution in [2.24, 2.45) is 24.8 Å². The first-order valence-corrected chi connectivity index (χ1v) is 16.4. The molecule has 2 amide bonds. The van der Waals surface area contributed by atoms with Gasteiger partial charge in [0.15, 0.2) is 5.82 Å². The average Bonchev–Trinajstić information content (AvgIpc) is 3.67. The quantitative estimate of drug-likeness (QED) is 0.235. The van der Waals surface area contributed by atoms with E-state index in [2.05, 4.69) is 47.4 Å². The molecule has 2 aliphatic carbocycles. The maximum Gasteiger partial charge on any atom is 0.254 e. The predicted octanol–water partition coefficient (Wildman–Crippen LogP) is 6.46. The minimum Gasteiger partial charge on any atom is -0.494 e. The number of hydrogen-bond acceptors (Lipinski definition) is 4. The highest BCUT2D eigenvalue weighted by molar-refractivity contribution is 6.00. The van der Waals surface area contributed by atoms with E-state index in [0.717, 1.165) is 67.9 Å². The molecule has 7 rings (SSSR count). The van der Waals surface area contributed by atoms with E-state index in [9.17, 15) is 9.59 Å². The van der Waals surface area contributed by atoms with E-state index in [4.69, 9.17) is 9.72 Å². The molecule has 1 saturated heterocycles. The van der Waals surface area contributed by atoms with Crippen LogP contribution in [0.25, 0.3) is 33.5 Å². The Bertz CT molecular complexity index is 1740. The van der Waals surface area contributed by atoms with Crippen molar-refractivity contribution in [3.8, 4) is 17.3 Å². The Kier molecular flexibility index (Phi) is 7.42. The molecular weight excluding hydrogens is 550 g/mol. The Hall–Kier alpha value is -3.81. The molecule has 8 nitrogen and oxygen atoms in total. The number of rotatable bonds is 8. The predicted molar refractivity (Wildman–Crippen MR) is 174 cm³/mol. The van der Waals surface area contributed by atoms with Crippen LogP contribution in [0.1, 0.15) is 73.7 Å². The number of para-hydroxylation sites is 1. The molecule has 0 spiro atoms. The Morgan fingerprint density at radius 2 is 1.84 bits per heavy atom.